The minimum absolute atomic E-state index is 1.07. The van der Waals surface area contributed by atoms with Gasteiger partial charge in [0, 0.05) is 33.3 Å². The summed E-state index contributed by atoms with van der Waals surface area (Å²) < 4.78 is 2.42. The van der Waals surface area contributed by atoms with Gasteiger partial charge >= 0.3 is 0 Å². The molecular weight excluding hydrogens is 773 g/mol. The van der Waals surface area contributed by atoms with Crippen LogP contribution in [0, 0.1) is 0 Å². The van der Waals surface area contributed by atoms with Gasteiger partial charge in [0.1, 0.15) is 0 Å². The van der Waals surface area contributed by atoms with Gasteiger partial charge in [-0.3, -0.25) is 0 Å². The summed E-state index contributed by atoms with van der Waals surface area (Å²) in [6, 6.07) is 92.8. The third kappa shape index (κ3) is 6.44. The average Bonchev–Trinajstić information content (AvgIpc) is 3.71. The van der Waals surface area contributed by atoms with Crippen LogP contribution in [0.4, 0.5) is 17.1 Å². The van der Waals surface area contributed by atoms with Crippen LogP contribution in [0.5, 0.6) is 0 Å². The number of benzene rings is 11. The zero-order valence-corrected chi connectivity index (χ0v) is 35.1. The Hall–Kier alpha value is -8.46. The lowest BCUT2D eigenvalue weighted by Crippen LogP contribution is -2.11. The van der Waals surface area contributed by atoms with Crippen molar-refractivity contribution in [1.29, 1.82) is 0 Å². The van der Waals surface area contributed by atoms with Crippen LogP contribution in [-0.4, -0.2) is 4.57 Å². The lowest BCUT2D eigenvalue weighted by atomic mass is 9.93. The standard InChI is InChI=1S/C62H42N2/c1-2-17-45(18-3-1)58-42-48(54-31-16-22-44-20-5-7-26-52(44)54)37-40-62(58)63(50-24-14-23-47(41-50)53-30-15-21-43-19-4-6-25-51(43)53)49-38-35-46(36-39-49)55-27-8-11-32-59(55)64-60-33-12-9-28-56(60)57-29-10-13-34-61(57)64/h1-42H. The van der Waals surface area contributed by atoms with E-state index in [1.165, 1.54) is 71.2 Å². The van der Waals surface area contributed by atoms with E-state index in [0.29, 0.717) is 0 Å². The number of anilines is 3. The van der Waals surface area contributed by atoms with Gasteiger partial charge in [-0.15, -0.1) is 0 Å². The monoisotopic (exact) mass is 814 g/mol. The molecule has 0 bridgehead atoms. The number of aromatic nitrogens is 1. The first kappa shape index (κ1) is 37.3. The summed E-state index contributed by atoms with van der Waals surface area (Å²) in [4.78, 5) is 2.44. The van der Waals surface area contributed by atoms with Crippen LogP contribution in [-0.2, 0) is 0 Å². The molecule has 0 saturated heterocycles. The maximum absolute atomic E-state index is 2.44. The highest BCUT2D eigenvalue weighted by Gasteiger charge is 2.21. The van der Waals surface area contributed by atoms with Gasteiger partial charge in [0.2, 0.25) is 0 Å². The molecule has 300 valence electrons. The second-order valence-electron chi connectivity index (χ2n) is 16.5. The second-order valence-corrected chi connectivity index (χ2v) is 16.5. The molecule has 0 unspecified atom stereocenters. The van der Waals surface area contributed by atoms with Crippen LogP contribution >= 0.6 is 0 Å². The van der Waals surface area contributed by atoms with Crippen LogP contribution in [0.15, 0.2) is 255 Å². The van der Waals surface area contributed by atoms with Crippen molar-refractivity contribution in [2.75, 3.05) is 4.90 Å². The zero-order valence-electron chi connectivity index (χ0n) is 35.1. The van der Waals surface area contributed by atoms with Crippen molar-refractivity contribution in [3.05, 3.63) is 255 Å². The van der Waals surface area contributed by atoms with E-state index in [2.05, 4.69) is 264 Å². The van der Waals surface area contributed by atoms with E-state index in [4.69, 9.17) is 0 Å². The molecule has 11 aromatic carbocycles. The minimum atomic E-state index is 1.07. The fraction of sp³-hybridized carbons (Fsp3) is 0. The Morgan fingerprint density at radius 3 is 1.41 bits per heavy atom. The quantitative estimate of drug-likeness (QED) is 0.148. The highest BCUT2D eigenvalue weighted by atomic mass is 15.1. The zero-order chi connectivity index (χ0) is 42.4. The Morgan fingerprint density at radius 1 is 0.266 bits per heavy atom. The molecule has 0 radical (unpaired) electrons. The summed E-state index contributed by atoms with van der Waals surface area (Å²) >= 11 is 0. The fourth-order valence-corrected chi connectivity index (χ4v) is 9.83. The van der Waals surface area contributed by atoms with Crippen molar-refractivity contribution in [1.82, 2.24) is 4.57 Å². The van der Waals surface area contributed by atoms with Crippen molar-refractivity contribution in [2.45, 2.75) is 0 Å². The molecule has 0 aliphatic carbocycles. The molecule has 64 heavy (non-hydrogen) atoms. The molecule has 2 nitrogen and oxygen atoms in total. The van der Waals surface area contributed by atoms with Gasteiger partial charge in [0.25, 0.3) is 0 Å². The first-order valence-electron chi connectivity index (χ1n) is 22.0. The smallest absolute Gasteiger partial charge is 0.0541 e. The van der Waals surface area contributed by atoms with Crippen LogP contribution in [0.2, 0.25) is 0 Å². The van der Waals surface area contributed by atoms with Crippen molar-refractivity contribution in [3.8, 4) is 50.2 Å². The van der Waals surface area contributed by atoms with Gasteiger partial charge in [0.05, 0.1) is 22.4 Å². The molecule has 0 saturated carbocycles. The lowest BCUT2D eigenvalue weighted by Gasteiger charge is -2.29. The predicted octanol–water partition coefficient (Wildman–Crippen LogP) is 17.2. The molecule has 0 aliphatic rings. The lowest BCUT2D eigenvalue weighted by molar-refractivity contribution is 1.18. The molecule has 12 aromatic rings. The van der Waals surface area contributed by atoms with Crippen LogP contribution in [0.25, 0.3) is 93.5 Å². The molecular formula is C62H42N2. The van der Waals surface area contributed by atoms with Crippen molar-refractivity contribution >= 4 is 60.4 Å². The average molecular weight is 815 g/mol. The van der Waals surface area contributed by atoms with Gasteiger partial charge in [-0.25, -0.2) is 0 Å². The second kappa shape index (κ2) is 15.8. The van der Waals surface area contributed by atoms with Gasteiger partial charge in [-0.2, -0.15) is 0 Å². The fourth-order valence-electron chi connectivity index (χ4n) is 9.83. The molecule has 12 rings (SSSR count). The largest absolute Gasteiger partial charge is 0.310 e. The molecule has 0 fully saturated rings. The number of nitrogens with zero attached hydrogens (tertiary/aromatic N) is 2. The highest BCUT2D eigenvalue weighted by Crippen LogP contribution is 2.45. The number of para-hydroxylation sites is 3. The first-order chi connectivity index (χ1) is 31.8. The Morgan fingerprint density at radius 2 is 0.734 bits per heavy atom. The van der Waals surface area contributed by atoms with Crippen molar-refractivity contribution in [2.24, 2.45) is 0 Å². The SMILES string of the molecule is c1ccc(-c2cc(-c3cccc4ccccc34)ccc2N(c2ccc(-c3ccccc3-n3c4ccccc4c4ccccc43)cc2)c2cccc(-c3cccc4ccccc34)c2)cc1. The van der Waals surface area contributed by atoms with E-state index in [1.807, 2.05) is 0 Å². The van der Waals surface area contributed by atoms with Crippen molar-refractivity contribution < 1.29 is 0 Å². The number of hydrogen-bond donors (Lipinski definition) is 0. The van der Waals surface area contributed by atoms with Crippen molar-refractivity contribution in [3.63, 3.8) is 0 Å². The summed E-state index contributed by atoms with van der Waals surface area (Å²) in [6.07, 6.45) is 0. The number of rotatable bonds is 8. The molecule has 1 aromatic heterocycles. The molecule has 1 heterocycles. The van der Waals surface area contributed by atoms with Gasteiger partial charge < -0.3 is 9.47 Å². The maximum Gasteiger partial charge on any atom is 0.0541 e. The van der Waals surface area contributed by atoms with Gasteiger partial charge in [-0.1, -0.05) is 200 Å². The van der Waals surface area contributed by atoms with Crippen LogP contribution in [0.3, 0.4) is 0 Å². The summed E-state index contributed by atoms with van der Waals surface area (Å²) in [6.45, 7) is 0. The highest BCUT2D eigenvalue weighted by molar-refractivity contribution is 6.10. The number of fused-ring (bicyclic) bond motifs is 5. The maximum atomic E-state index is 2.44. The Kier molecular flexibility index (Phi) is 9.20. The van der Waals surface area contributed by atoms with E-state index < -0.39 is 0 Å². The Balaban J connectivity index is 1.05. The molecule has 2 heteroatoms. The molecule has 0 aliphatic heterocycles. The van der Waals surface area contributed by atoms with E-state index in [1.54, 1.807) is 0 Å². The molecule has 0 N–H and O–H groups in total. The Labute approximate surface area is 373 Å². The predicted molar refractivity (Wildman–Crippen MR) is 272 cm³/mol. The molecule has 0 atom stereocenters. The van der Waals surface area contributed by atoms with E-state index >= 15 is 0 Å². The van der Waals surface area contributed by atoms with Crippen LogP contribution < -0.4 is 4.90 Å². The minimum Gasteiger partial charge on any atom is -0.310 e. The number of hydrogen-bond acceptors (Lipinski definition) is 1. The van der Waals surface area contributed by atoms with E-state index in [9.17, 15) is 0 Å². The topological polar surface area (TPSA) is 8.17 Å². The third-order valence-corrected chi connectivity index (χ3v) is 12.8. The molecule has 0 spiro atoms. The normalized spacial score (nSPS) is 11.4. The summed E-state index contributed by atoms with van der Waals surface area (Å²) in [5.41, 5.74) is 16.2. The summed E-state index contributed by atoms with van der Waals surface area (Å²) in [5, 5.41) is 7.46. The van der Waals surface area contributed by atoms with Crippen LogP contribution in [0.1, 0.15) is 0 Å². The third-order valence-electron chi connectivity index (χ3n) is 12.8. The molecule has 0 amide bonds. The van der Waals surface area contributed by atoms with E-state index in [-0.39, 0.29) is 0 Å². The van der Waals surface area contributed by atoms with Gasteiger partial charge in [0.15, 0.2) is 0 Å². The van der Waals surface area contributed by atoms with E-state index in [0.717, 1.165) is 39.4 Å². The Bertz CT molecular complexity index is 3610. The summed E-state index contributed by atoms with van der Waals surface area (Å²) in [7, 11) is 0. The first-order valence-corrected chi connectivity index (χ1v) is 22.0. The van der Waals surface area contributed by atoms with Gasteiger partial charge in [-0.05, 0) is 110 Å². The summed E-state index contributed by atoms with van der Waals surface area (Å²) in [5.74, 6) is 0.